The van der Waals surface area contributed by atoms with Gasteiger partial charge in [-0.25, -0.2) is 4.79 Å². The Kier molecular flexibility index (Phi) is 4.10. The van der Waals surface area contributed by atoms with E-state index in [1.807, 2.05) is 0 Å². The number of aliphatic hydroxyl groups is 1. The first-order valence-electron chi connectivity index (χ1n) is 4.89. The third-order valence-corrected chi connectivity index (χ3v) is 2.28. The van der Waals surface area contributed by atoms with Gasteiger partial charge in [0.1, 0.15) is 0 Å². The Balaban J connectivity index is 2.12. The minimum atomic E-state index is -0.347. The molecule has 0 aromatic carbocycles. The number of carbonyl (C=O) groups is 1. The van der Waals surface area contributed by atoms with Gasteiger partial charge in [-0.15, -0.1) is 0 Å². The van der Waals surface area contributed by atoms with E-state index in [-0.39, 0.29) is 12.1 Å². The van der Waals surface area contributed by atoms with Crippen LogP contribution in [-0.2, 0) is 9.53 Å². The van der Waals surface area contributed by atoms with Crippen LogP contribution < -0.4 is 5.32 Å². The number of hydrogen-bond donors (Lipinski definition) is 2. The molecule has 0 unspecified atom stereocenters. The van der Waals surface area contributed by atoms with Crippen molar-refractivity contribution in [3.8, 4) is 0 Å². The van der Waals surface area contributed by atoms with Gasteiger partial charge in [-0.1, -0.05) is 6.58 Å². The van der Waals surface area contributed by atoms with E-state index in [9.17, 15) is 4.79 Å². The molecule has 1 aliphatic carbocycles. The minimum Gasteiger partial charge on any atom is -0.463 e. The van der Waals surface area contributed by atoms with E-state index in [1.165, 1.54) is 0 Å². The average molecular weight is 199 g/mol. The molecular formula is C10H17NO3. The summed E-state index contributed by atoms with van der Waals surface area (Å²) in [4.78, 5) is 11.1. The summed E-state index contributed by atoms with van der Waals surface area (Å²) in [6.45, 7) is 6.20. The normalized spacial score (nSPS) is 25.3. The zero-order valence-corrected chi connectivity index (χ0v) is 8.45. The predicted molar refractivity (Wildman–Crippen MR) is 52.8 cm³/mol. The lowest BCUT2D eigenvalue weighted by Gasteiger charge is -2.32. The fraction of sp³-hybridized carbons (Fsp3) is 0.700. The first-order valence-corrected chi connectivity index (χ1v) is 4.89. The molecule has 0 bridgehead atoms. The Labute approximate surface area is 83.9 Å². The van der Waals surface area contributed by atoms with E-state index in [4.69, 9.17) is 9.84 Å². The van der Waals surface area contributed by atoms with Crippen LogP contribution in [0.4, 0.5) is 0 Å². The van der Waals surface area contributed by atoms with Crippen LogP contribution >= 0.6 is 0 Å². The highest BCUT2D eigenvalue weighted by molar-refractivity contribution is 5.88. The molecule has 14 heavy (non-hydrogen) atoms. The molecule has 0 atom stereocenters. The summed E-state index contributed by atoms with van der Waals surface area (Å²) < 4.78 is 4.78. The van der Waals surface area contributed by atoms with Crippen molar-refractivity contribution in [3.63, 3.8) is 0 Å². The van der Waals surface area contributed by atoms with Crippen molar-refractivity contribution < 1.29 is 14.6 Å². The lowest BCUT2D eigenvalue weighted by atomic mass is 9.89. The first-order chi connectivity index (χ1) is 6.63. The topological polar surface area (TPSA) is 58.6 Å². The lowest BCUT2D eigenvalue weighted by molar-refractivity contribution is -0.138. The number of rotatable bonds is 5. The second-order valence-electron chi connectivity index (χ2n) is 3.53. The molecule has 1 rings (SSSR count). The van der Waals surface area contributed by atoms with Crippen molar-refractivity contribution in [1.82, 2.24) is 5.32 Å². The van der Waals surface area contributed by atoms with E-state index in [0.717, 1.165) is 12.8 Å². The second kappa shape index (κ2) is 5.12. The predicted octanol–water partition coefficient (Wildman–Crippen LogP) is 0.219. The van der Waals surface area contributed by atoms with E-state index < -0.39 is 0 Å². The summed E-state index contributed by atoms with van der Waals surface area (Å²) in [6, 6.07) is 0.316. The van der Waals surface area contributed by atoms with Crippen molar-refractivity contribution in [2.24, 2.45) is 0 Å². The third-order valence-electron chi connectivity index (χ3n) is 2.28. The zero-order chi connectivity index (χ0) is 10.6. The molecule has 0 spiro atoms. The van der Waals surface area contributed by atoms with Crippen molar-refractivity contribution >= 4 is 5.97 Å². The van der Waals surface area contributed by atoms with Crippen LogP contribution in [0.2, 0.25) is 0 Å². The van der Waals surface area contributed by atoms with Crippen molar-refractivity contribution in [2.45, 2.75) is 31.9 Å². The van der Waals surface area contributed by atoms with E-state index in [0.29, 0.717) is 24.8 Å². The van der Waals surface area contributed by atoms with Gasteiger partial charge in [-0.3, -0.25) is 0 Å². The van der Waals surface area contributed by atoms with Gasteiger partial charge in [-0.05, 0) is 19.8 Å². The molecule has 0 heterocycles. The number of hydrogen-bond acceptors (Lipinski definition) is 4. The molecule has 4 nitrogen and oxygen atoms in total. The van der Waals surface area contributed by atoms with Crippen LogP contribution in [0, 0.1) is 0 Å². The number of carbonyl (C=O) groups excluding carboxylic acids is 1. The summed E-state index contributed by atoms with van der Waals surface area (Å²) in [5.41, 5.74) is 0.438. The van der Waals surface area contributed by atoms with Gasteiger partial charge in [-0.2, -0.15) is 0 Å². The highest BCUT2D eigenvalue weighted by Gasteiger charge is 2.26. The van der Waals surface area contributed by atoms with Gasteiger partial charge in [0.15, 0.2) is 0 Å². The molecule has 1 saturated carbocycles. The molecule has 80 valence electrons. The first kappa shape index (κ1) is 11.2. The summed E-state index contributed by atoms with van der Waals surface area (Å²) in [5.74, 6) is -0.347. The van der Waals surface area contributed by atoms with Crippen molar-refractivity contribution in [2.75, 3.05) is 13.2 Å². The standard InChI is InChI=1S/C10H17NO3/c1-3-14-10(13)7(2)6-11-8-4-9(12)5-8/h8-9,11-12H,2-6H2,1H3. The number of aliphatic hydroxyl groups excluding tert-OH is 1. The van der Waals surface area contributed by atoms with E-state index in [2.05, 4.69) is 11.9 Å². The van der Waals surface area contributed by atoms with E-state index >= 15 is 0 Å². The molecule has 0 saturated heterocycles. The van der Waals surface area contributed by atoms with Crippen LogP contribution in [0.25, 0.3) is 0 Å². The maximum Gasteiger partial charge on any atom is 0.334 e. The molecule has 0 radical (unpaired) electrons. The molecule has 0 aromatic rings. The maximum absolute atomic E-state index is 11.1. The molecule has 1 fully saturated rings. The third kappa shape index (κ3) is 3.12. The monoisotopic (exact) mass is 199 g/mol. The van der Waals surface area contributed by atoms with Gasteiger partial charge in [0.2, 0.25) is 0 Å². The highest BCUT2D eigenvalue weighted by Crippen LogP contribution is 2.19. The molecule has 0 aromatic heterocycles. The largest absolute Gasteiger partial charge is 0.463 e. The summed E-state index contributed by atoms with van der Waals surface area (Å²) in [5, 5.41) is 12.2. The Bertz CT molecular complexity index is 221. The molecule has 2 N–H and O–H groups in total. The summed E-state index contributed by atoms with van der Waals surface area (Å²) in [6.07, 6.45) is 1.34. The van der Waals surface area contributed by atoms with Crippen molar-refractivity contribution in [1.29, 1.82) is 0 Å². The number of nitrogens with one attached hydrogen (secondary N) is 1. The smallest absolute Gasteiger partial charge is 0.334 e. The van der Waals surface area contributed by atoms with Gasteiger partial charge in [0.05, 0.1) is 12.7 Å². The summed E-state index contributed by atoms with van der Waals surface area (Å²) >= 11 is 0. The van der Waals surface area contributed by atoms with Gasteiger partial charge in [0.25, 0.3) is 0 Å². The SMILES string of the molecule is C=C(CNC1CC(O)C1)C(=O)OCC. The summed E-state index contributed by atoms with van der Waals surface area (Å²) in [7, 11) is 0. The van der Waals surface area contributed by atoms with Crippen LogP contribution in [0.1, 0.15) is 19.8 Å². The van der Waals surface area contributed by atoms with Crippen LogP contribution in [0.5, 0.6) is 0 Å². The van der Waals surface area contributed by atoms with Gasteiger partial charge < -0.3 is 15.2 Å². The zero-order valence-electron chi connectivity index (χ0n) is 8.45. The minimum absolute atomic E-state index is 0.177. The number of esters is 1. The Morgan fingerprint density at radius 3 is 2.79 bits per heavy atom. The van der Waals surface area contributed by atoms with Crippen LogP contribution in [0.15, 0.2) is 12.2 Å². The number of ether oxygens (including phenoxy) is 1. The van der Waals surface area contributed by atoms with Gasteiger partial charge >= 0.3 is 5.97 Å². The van der Waals surface area contributed by atoms with Crippen LogP contribution in [-0.4, -0.2) is 36.4 Å². The van der Waals surface area contributed by atoms with Crippen LogP contribution in [0.3, 0.4) is 0 Å². The quantitative estimate of drug-likeness (QED) is 0.491. The highest BCUT2D eigenvalue weighted by atomic mass is 16.5. The Morgan fingerprint density at radius 1 is 1.64 bits per heavy atom. The molecular weight excluding hydrogens is 182 g/mol. The molecule has 0 aliphatic heterocycles. The van der Waals surface area contributed by atoms with E-state index in [1.54, 1.807) is 6.92 Å². The fourth-order valence-electron chi connectivity index (χ4n) is 1.33. The molecule has 1 aliphatic rings. The maximum atomic E-state index is 11.1. The molecule has 4 heteroatoms. The van der Waals surface area contributed by atoms with Gasteiger partial charge in [0, 0.05) is 18.2 Å². The fourth-order valence-corrected chi connectivity index (χ4v) is 1.33. The van der Waals surface area contributed by atoms with Crippen molar-refractivity contribution in [3.05, 3.63) is 12.2 Å². The lowest BCUT2D eigenvalue weighted by Crippen LogP contribution is -2.45. The Morgan fingerprint density at radius 2 is 2.29 bits per heavy atom. The average Bonchev–Trinajstić information content (AvgIpc) is 2.10. The second-order valence-corrected chi connectivity index (χ2v) is 3.53. The molecule has 0 amide bonds. The Hall–Kier alpha value is -0.870.